The Bertz CT molecular complexity index is 807. The molecular formula is C21H24FN3O2. The molecule has 1 fully saturated rings. The van der Waals surface area contributed by atoms with Crippen molar-refractivity contribution >= 4 is 11.6 Å². The van der Waals surface area contributed by atoms with E-state index in [9.17, 15) is 14.3 Å². The first-order valence-electron chi connectivity index (χ1n) is 9.45. The molecule has 1 saturated carbocycles. The highest BCUT2D eigenvalue weighted by molar-refractivity contribution is 5.88. The summed E-state index contributed by atoms with van der Waals surface area (Å²) >= 11 is 0. The second kappa shape index (κ2) is 7.19. The second-order valence-electron chi connectivity index (χ2n) is 7.41. The summed E-state index contributed by atoms with van der Waals surface area (Å²) < 4.78 is 13.3. The third-order valence-electron chi connectivity index (χ3n) is 5.59. The maximum Gasteiger partial charge on any atom is 0.264 e. The van der Waals surface area contributed by atoms with Crippen molar-refractivity contribution in [3.8, 4) is 0 Å². The van der Waals surface area contributed by atoms with E-state index in [1.54, 1.807) is 12.1 Å². The summed E-state index contributed by atoms with van der Waals surface area (Å²) in [6.45, 7) is -0.0493. The van der Waals surface area contributed by atoms with Crippen LogP contribution in [0, 0.1) is 5.82 Å². The van der Waals surface area contributed by atoms with Crippen molar-refractivity contribution in [1.82, 2.24) is 15.5 Å². The molecule has 1 aromatic carbocycles. The van der Waals surface area contributed by atoms with Gasteiger partial charge in [0.25, 0.3) is 5.91 Å². The van der Waals surface area contributed by atoms with Gasteiger partial charge in [-0.05, 0) is 54.8 Å². The maximum atomic E-state index is 13.3. The summed E-state index contributed by atoms with van der Waals surface area (Å²) in [7, 11) is 0. The van der Waals surface area contributed by atoms with Crippen LogP contribution in [0.15, 0.2) is 54.4 Å². The minimum Gasteiger partial charge on any atom is -0.394 e. The average molecular weight is 369 g/mol. The van der Waals surface area contributed by atoms with Gasteiger partial charge in [0.15, 0.2) is 6.17 Å². The number of allylic oxidation sites excluding steroid dienone is 3. The van der Waals surface area contributed by atoms with Crippen molar-refractivity contribution in [1.29, 1.82) is 0 Å². The third-order valence-corrected chi connectivity index (χ3v) is 5.59. The Morgan fingerprint density at radius 3 is 2.67 bits per heavy atom. The number of benzene rings is 1. The fourth-order valence-corrected chi connectivity index (χ4v) is 4.09. The van der Waals surface area contributed by atoms with Crippen LogP contribution in [-0.4, -0.2) is 34.2 Å². The first kappa shape index (κ1) is 17.8. The highest BCUT2D eigenvalue weighted by Gasteiger charge is 2.40. The highest BCUT2D eigenvalue weighted by atomic mass is 19.1. The molecule has 2 aliphatic heterocycles. The van der Waals surface area contributed by atoms with Gasteiger partial charge < -0.3 is 20.6 Å². The van der Waals surface area contributed by atoms with Gasteiger partial charge in [-0.15, -0.1) is 0 Å². The molecule has 0 saturated heterocycles. The van der Waals surface area contributed by atoms with E-state index in [0.717, 1.165) is 49.1 Å². The van der Waals surface area contributed by atoms with Crippen molar-refractivity contribution < 1.29 is 14.3 Å². The standard InChI is InChI=1S/C21H24FN3O2/c22-16-9-7-15(8-10-16)18-17-6-2-5-13-25(17)19(23-18)20(27)24-21(14-26)11-3-1-4-12-21/h2,5-10,13,19,23,26H,1,3-4,11-12,14H2,(H,24,27). The molecule has 3 N–H and O–H groups in total. The van der Waals surface area contributed by atoms with E-state index in [1.807, 2.05) is 29.3 Å². The van der Waals surface area contributed by atoms with Gasteiger partial charge in [0, 0.05) is 6.20 Å². The zero-order valence-corrected chi connectivity index (χ0v) is 15.1. The number of amides is 1. The van der Waals surface area contributed by atoms with Crippen molar-refractivity contribution in [2.45, 2.75) is 43.8 Å². The Balaban J connectivity index is 1.58. The van der Waals surface area contributed by atoms with Gasteiger partial charge in [0.2, 0.25) is 0 Å². The number of hydrogen-bond acceptors (Lipinski definition) is 4. The molecule has 5 nitrogen and oxygen atoms in total. The van der Waals surface area contributed by atoms with E-state index >= 15 is 0 Å². The largest absolute Gasteiger partial charge is 0.394 e. The normalized spacial score (nSPS) is 23.2. The summed E-state index contributed by atoms with van der Waals surface area (Å²) in [6, 6.07) is 6.22. The zero-order valence-electron chi connectivity index (χ0n) is 15.1. The van der Waals surface area contributed by atoms with Crippen LogP contribution in [0.4, 0.5) is 4.39 Å². The summed E-state index contributed by atoms with van der Waals surface area (Å²) in [4.78, 5) is 15.0. The summed E-state index contributed by atoms with van der Waals surface area (Å²) in [6.07, 6.45) is 11.7. The number of nitrogens with zero attached hydrogens (tertiary/aromatic N) is 1. The smallest absolute Gasteiger partial charge is 0.264 e. The number of carbonyl (C=O) groups excluding carboxylic acids is 1. The van der Waals surface area contributed by atoms with Crippen molar-refractivity contribution in [3.05, 3.63) is 65.8 Å². The lowest BCUT2D eigenvalue weighted by Gasteiger charge is -2.38. The number of aliphatic hydroxyl groups is 1. The van der Waals surface area contributed by atoms with Crippen LogP contribution in [0.1, 0.15) is 37.7 Å². The van der Waals surface area contributed by atoms with Crippen LogP contribution in [0.25, 0.3) is 5.70 Å². The van der Waals surface area contributed by atoms with Crippen LogP contribution in [-0.2, 0) is 4.79 Å². The number of carbonyl (C=O) groups is 1. The van der Waals surface area contributed by atoms with Crippen LogP contribution < -0.4 is 10.6 Å². The molecule has 0 aromatic heterocycles. The number of halogens is 1. The Kier molecular flexibility index (Phi) is 4.74. The Morgan fingerprint density at radius 2 is 1.96 bits per heavy atom. The van der Waals surface area contributed by atoms with Gasteiger partial charge in [-0.2, -0.15) is 0 Å². The van der Waals surface area contributed by atoms with Gasteiger partial charge >= 0.3 is 0 Å². The number of hydrogen-bond donors (Lipinski definition) is 3. The minimum absolute atomic E-state index is 0.0493. The fraction of sp³-hybridized carbons (Fsp3) is 0.381. The first-order valence-corrected chi connectivity index (χ1v) is 9.45. The predicted octanol–water partition coefficient (Wildman–Crippen LogP) is 2.62. The lowest BCUT2D eigenvalue weighted by Crippen LogP contribution is -2.58. The Hall–Kier alpha value is -2.60. The van der Waals surface area contributed by atoms with Gasteiger partial charge in [-0.3, -0.25) is 4.79 Å². The molecule has 142 valence electrons. The molecule has 1 aromatic rings. The molecule has 3 aliphatic rings. The second-order valence-corrected chi connectivity index (χ2v) is 7.41. The van der Waals surface area contributed by atoms with Gasteiger partial charge in [-0.25, -0.2) is 4.39 Å². The molecule has 2 heterocycles. The monoisotopic (exact) mass is 369 g/mol. The molecule has 0 spiro atoms. The van der Waals surface area contributed by atoms with Gasteiger partial charge in [0.1, 0.15) is 5.82 Å². The third kappa shape index (κ3) is 3.37. The van der Waals surface area contributed by atoms with E-state index in [-0.39, 0.29) is 18.3 Å². The van der Waals surface area contributed by atoms with Crippen molar-refractivity contribution in [3.63, 3.8) is 0 Å². The van der Waals surface area contributed by atoms with E-state index in [1.165, 1.54) is 12.1 Å². The number of rotatable bonds is 4. The van der Waals surface area contributed by atoms with Crippen LogP contribution >= 0.6 is 0 Å². The van der Waals surface area contributed by atoms with E-state index in [0.29, 0.717) is 0 Å². The highest BCUT2D eigenvalue weighted by Crippen LogP contribution is 2.32. The molecule has 1 unspecified atom stereocenters. The lowest BCUT2D eigenvalue weighted by atomic mass is 9.82. The fourth-order valence-electron chi connectivity index (χ4n) is 4.09. The van der Waals surface area contributed by atoms with Crippen LogP contribution in [0.5, 0.6) is 0 Å². The minimum atomic E-state index is -0.605. The molecule has 4 rings (SSSR count). The molecule has 0 bridgehead atoms. The number of nitrogens with one attached hydrogen (secondary N) is 2. The summed E-state index contributed by atoms with van der Waals surface area (Å²) in [5, 5.41) is 16.3. The molecule has 1 amide bonds. The Morgan fingerprint density at radius 1 is 1.22 bits per heavy atom. The predicted molar refractivity (Wildman–Crippen MR) is 101 cm³/mol. The number of aliphatic hydroxyl groups excluding tert-OH is 1. The molecule has 1 atom stereocenters. The molecular weight excluding hydrogens is 345 g/mol. The van der Waals surface area contributed by atoms with E-state index < -0.39 is 11.7 Å². The van der Waals surface area contributed by atoms with Crippen molar-refractivity contribution in [2.75, 3.05) is 6.61 Å². The zero-order chi connectivity index (χ0) is 18.9. The number of fused-ring (bicyclic) bond motifs is 1. The molecule has 0 radical (unpaired) electrons. The summed E-state index contributed by atoms with van der Waals surface area (Å²) in [5.74, 6) is -0.463. The first-order chi connectivity index (χ1) is 13.1. The average Bonchev–Trinajstić information content (AvgIpc) is 3.09. The van der Waals surface area contributed by atoms with E-state index in [2.05, 4.69) is 10.6 Å². The van der Waals surface area contributed by atoms with Crippen LogP contribution in [0.2, 0.25) is 0 Å². The molecule has 6 heteroatoms. The maximum absolute atomic E-state index is 13.3. The van der Waals surface area contributed by atoms with Crippen molar-refractivity contribution in [2.24, 2.45) is 0 Å². The Labute approximate surface area is 158 Å². The molecule has 27 heavy (non-hydrogen) atoms. The van der Waals surface area contributed by atoms with Gasteiger partial charge in [-0.1, -0.05) is 25.3 Å². The van der Waals surface area contributed by atoms with Gasteiger partial charge in [0.05, 0.1) is 23.5 Å². The topological polar surface area (TPSA) is 64.6 Å². The van der Waals surface area contributed by atoms with Crippen LogP contribution in [0.3, 0.4) is 0 Å². The van der Waals surface area contributed by atoms with E-state index in [4.69, 9.17) is 0 Å². The summed E-state index contributed by atoms with van der Waals surface area (Å²) in [5.41, 5.74) is 1.94. The quantitative estimate of drug-likeness (QED) is 0.763. The lowest BCUT2D eigenvalue weighted by molar-refractivity contribution is -0.128. The SMILES string of the molecule is O=C(NC1(CO)CCCCC1)C1NC(c2ccc(F)cc2)=C2C=CC=CN21. The molecule has 1 aliphatic carbocycles.